The highest BCUT2D eigenvalue weighted by Gasteiger charge is 2.32. The molecule has 1 fully saturated rings. The Morgan fingerprint density at radius 2 is 2.23 bits per heavy atom. The number of halogens is 2. The quantitative estimate of drug-likeness (QED) is 0.735. The molecule has 1 aromatic heterocycles. The van der Waals surface area contributed by atoms with Crippen LogP contribution in [0.2, 0.25) is 5.02 Å². The first kappa shape index (κ1) is 14.5. The summed E-state index contributed by atoms with van der Waals surface area (Å²) in [6, 6.07) is 5.74. The minimum Gasteiger partial charge on any atom is -0.381 e. The molecular weight excluding hydrogens is 413 g/mol. The van der Waals surface area contributed by atoms with Crippen LogP contribution in [0.15, 0.2) is 18.2 Å². The van der Waals surface area contributed by atoms with Crippen LogP contribution in [0.3, 0.4) is 0 Å². The van der Waals surface area contributed by atoms with Gasteiger partial charge in [0.05, 0.1) is 22.0 Å². The first-order valence-electron chi connectivity index (χ1n) is 7.51. The molecule has 0 unspecified atom stereocenters. The zero-order valence-electron chi connectivity index (χ0n) is 11.9. The third-order valence-electron chi connectivity index (χ3n) is 4.30. The van der Waals surface area contributed by atoms with Crippen molar-refractivity contribution in [1.82, 2.24) is 9.78 Å². The highest BCUT2D eigenvalue weighted by Crippen LogP contribution is 2.43. The van der Waals surface area contributed by atoms with Crippen LogP contribution in [-0.2, 0) is 6.42 Å². The predicted molar refractivity (Wildman–Crippen MR) is 94.9 cm³/mol. The molecule has 0 spiro atoms. The van der Waals surface area contributed by atoms with E-state index in [2.05, 4.69) is 33.0 Å². The van der Waals surface area contributed by atoms with Crippen molar-refractivity contribution in [3.05, 3.63) is 43.7 Å². The average molecular weight is 428 g/mol. The summed E-state index contributed by atoms with van der Waals surface area (Å²) in [5.74, 6) is 0.372. The Morgan fingerprint density at radius 1 is 1.41 bits per heavy atom. The summed E-state index contributed by atoms with van der Waals surface area (Å²) in [7, 11) is 0. The molecule has 0 amide bonds. The Hall–Kier alpha value is -1.08. The number of fused-ring (bicyclic) bond motifs is 1. The number of carbonyl (C=O) groups is 1. The summed E-state index contributed by atoms with van der Waals surface area (Å²) in [6.45, 7) is 0.933. The summed E-state index contributed by atoms with van der Waals surface area (Å²) >= 11 is 8.54. The number of nitrogens with one attached hydrogen (secondary N) is 1. The van der Waals surface area contributed by atoms with E-state index in [1.807, 2.05) is 12.1 Å². The summed E-state index contributed by atoms with van der Waals surface area (Å²) in [5, 5.41) is 8.33. The zero-order valence-corrected chi connectivity index (χ0v) is 14.8. The lowest BCUT2D eigenvalue weighted by Gasteiger charge is -2.16. The van der Waals surface area contributed by atoms with Gasteiger partial charge in [-0.2, -0.15) is 9.78 Å². The topological polar surface area (TPSA) is 46.9 Å². The first-order chi connectivity index (χ1) is 10.7. The second-order valence-electron chi connectivity index (χ2n) is 5.84. The monoisotopic (exact) mass is 427 g/mol. The fourth-order valence-electron chi connectivity index (χ4n) is 3.07. The van der Waals surface area contributed by atoms with Crippen molar-refractivity contribution in [3.63, 3.8) is 0 Å². The van der Waals surface area contributed by atoms with Crippen LogP contribution in [0.1, 0.15) is 46.8 Å². The molecule has 22 heavy (non-hydrogen) atoms. The van der Waals surface area contributed by atoms with Gasteiger partial charge in [-0.15, -0.1) is 0 Å². The van der Waals surface area contributed by atoms with Gasteiger partial charge in [-0.25, -0.2) is 0 Å². The van der Waals surface area contributed by atoms with Gasteiger partial charge in [0, 0.05) is 6.54 Å². The molecule has 0 atom stereocenters. The Balaban J connectivity index is 1.83. The Bertz CT molecular complexity index is 767. The third kappa shape index (κ3) is 2.34. The molecule has 0 radical (unpaired) electrons. The van der Waals surface area contributed by atoms with E-state index in [1.165, 1.54) is 0 Å². The van der Waals surface area contributed by atoms with Gasteiger partial charge in [0.25, 0.3) is 5.91 Å². The molecule has 0 bridgehead atoms. The summed E-state index contributed by atoms with van der Waals surface area (Å²) in [4.78, 5) is 13.1. The molecule has 1 aliphatic heterocycles. The van der Waals surface area contributed by atoms with E-state index in [1.54, 1.807) is 10.7 Å². The number of hydrogen-bond donors (Lipinski definition) is 1. The normalized spacial score (nSPS) is 17.0. The molecule has 4 rings (SSSR count). The molecule has 4 nitrogen and oxygen atoms in total. The number of anilines is 1. The van der Waals surface area contributed by atoms with Gasteiger partial charge in [-0.05, 0) is 65.8 Å². The molecule has 1 saturated carbocycles. The van der Waals surface area contributed by atoms with Gasteiger partial charge >= 0.3 is 0 Å². The third-order valence-corrected chi connectivity index (χ3v) is 5.37. The van der Waals surface area contributed by atoms with Crippen molar-refractivity contribution in [3.8, 4) is 0 Å². The van der Waals surface area contributed by atoms with Gasteiger partial charge in [0.2, 0.25) is 0 Å². The molecule has 6 heteroatoms. The van der Waals surface area contributed by atoms with Crippen LogP contribution < -0.4 is 5.32 Å². The molecule has 2 aliphatic rings. The van der Waals surface area contributed by atoms with Crippen molar-refractivity contribution in [2.75, 3.05) is 11.9 Å². The summed E-state index contributed by atoms with van der Waals surface area (Å²) < 4.78 is 2.40. The van der Waals surface area contributed by atoms with Gasteiger partial charge in [0.1, 0.15) is 3.70 Å². The number of aromatic nitrogens is 2. The fraction of sp³-hybridized carbons (Fsp3) is 0.375. The maximum atomic E-state index is 13.1. The van der Waals surface area contributed by atoms with Crippen LogP contribution in [-0.4, -0.2) is 22.2 Å². The van der Waals surface area contributed by atoms with Crippen LogP contribution in [0.25, 0.3) is 0 Å². The molecular formula is C16H15ClIN3O. The highest BCUT2D eigenvalue weighted by molar-refractivity contribution is 14.1. The van der Waals surface area contributed by atoms with Crippen LogP contribution in [0, 0.1) is 3.70 Å². The summed E-state index contributed by atoms with van der Waals surface area (Å²) in [6.07, 6.45) is 4.15. The van der Waals surface area contributed by atoms with Crippen molar-refractivity contribution in [2.24, 2.45) is 0 Å². The SMILES string of the molecule is O=C(c1c(Cl)cccc1C1CC1)n1nc(I)c2c1CCCN2. The minimum absolute atomic E-state index is 0.102. The predicted octanol–water partition coefficient (Wildman–Crippen LogP) is 4.07. The standard InChI is InChI=1S/C16H15ClIN3O/c17-11-4-1-3-10(9-6-7-9)13(11)16(22)21-12-5-2-8-19-14(12)15(18)20-21/h1,3-4,9,19H,2,5-8H2. The van der Waals surface area contributed by atoms with Crippen LogP contribution in [0.5, 0.6) is 0 Å². The van der Waals surface area contributed by atoms with Crippen molar-refractivity contribution >= 4 is 45.8 Å². The highest BCUT2D eigenvalue weighted by atomic mass is 127. The van der Waals surface area contributed by atoms with Crippen LogP contribution in [0.4, 0.5) is 5.69 Å². The summed E-state index contributed by atoms with van der Waals surface area (Å²) in [5.41, 5.74) is 3.67. The molecule has 0 saturated heterocycles. The van der Waals surface area contributed by atoms with E-state index < -0.39 is 0 Å². The number of hydrogen-bond acceptors (Lipinski definition) is 3. The van der Waals surface area contributed by atoms with E-state index >= 15 is 0 Å². The van der Waals surface area contributed by atoms with E-state index in [4.69, 9.17) is 11.6 Å². The maximum Gasteiger partial charge on any atom is 0.280 e. The molecule has 114 valence electrons. The number of rotatable bonds is 2. The number of carbonyl (C=O) groups excluding carboxylic acids is 1. The Morgan fingerprint density at radius 3 is 3.00 bits per heavy atom. The zero-order chi connectivity index (χ0) is 15.3. The average Bonchev–Trinajstić information content (AvgIpc) is 3.31. The maximum absolute atomic E-state index is 13.1. The van der Waals surface area contributed by atoms with Gasteiger partial charge < -0.3 is 5.32 Å². The molecule has 2 aromatic rings. The van der Waals surface area contributed by atoms with E-state index in [0.717, 1.165) is 52.9 Å². The second-order valence-corrected chi connectivity index (χ2v) is 7.27. The van der Waals surface area contributed by atoms with Gasteiger partial charge in [-0.3, -0.25) is 4.79 Å². The van der Waals surface area contributed by atoms with Gasteiger partial charge in [-0.1, -0.05) is 23.7 Å². The lowest BCUT2D eigenvalue weighted by Crippen LogP contribution is -2.21. The molecule has 1 aromatic carbocycles. The van der Waals surface area contributed by atoms with Crippen LogP contribution >= 0.6 is 34.2 Å². The smallest absolute Gasteiger partial charge is 0.280 e. The van der Waals surface area contributed by atoms with Crippen molar-refractivity contribution < 1.29 is 4.79 Å². The molecule has 2 heterocycles. The fourth-order valence-corrected chi connectivity index (χ4v) is 4.05. The van der Waals surface area contributed by atoms with Crippen molar-refractivity contribution in [2.45, 2.75) is 31.6 Å². The number of benzene rings is 1. The van der Waals surface area contributed by atoms with E-state index in [0.29, 0.717) is 16.5 Å². The van der Waals surface area contributed by atoms with Crippen molar-refractivity contribution in [1.29, 1.82) is 0 Å². The Labute approximate surface area is 147 Å². The largest absolute Gasteiger partial charge is 0.381 e. The minimum atomic E-state index is -0.102. The van der Waals surface area contributed by atoms with E-state index in [-0.39, 0.29) is 5.91 Å². The van der Waals surface area contributed by atoms with Gasteiger partial charge in [0.15, 0.2) is 0 Å². The molecule has 1 aliphatic carbocycles. The lowest BCUT2D eigenvalue weighted by molar-refractivity contribution is 0.0940. The Kier molecular flexibility index (Phi) is 3.64. The number of nitrogens with zero attached hydrogens (tertiary/aromatic N) is 2. The lowest BCUT2D eigenvalue weighted by atomic mass is 10.0. The van der Waals surface area contributed by atoms with E-state index in [9.17, 15) is 4.79 Å². The first-order valence-corrected chi connectivity index (χ1v) is 8.97. The molecule has 1 N–H and O–H groups in total. The second kappa shape index (κ2) is 5.53.